The van der Waals surface area contributed by atoms with Gasteiger partial charge in [0.25, 0.3) is 0 Å². The molecule has 0 amide bonds. The smallest absolute Gasteiger partial charge is 0.0570 e. The molecule has 0 saturated heterocycles. The summed E-state index contributed by atoms with van der Waals surface area (Å²) in [5.74, 6) is 0. The summed E-state index contributed by atoms with van der Waals surface area (Å²) in [6.45, 7) is 9.50. The highest BCUT2D eigenvalue weighted by atomic mass is 32.1. The van der Waals surface area contributed by atoms with Crippen LogP contribution in [-0.4, -0.2) is 4.98 Å². The zero-order valence-corrected chi connectivity index (χ0v) is 12.3. The number of aryl methyl sites for hydroxylation is 3. The van der Waals surface area contributed by atoms with Gasteiger partial charge >= 0.3 is 0 Å². The highest BCUT2D eigenvalue weighted by Gasteiger charge is 2.11. The summed E-state index contributed by atoms with van der Waals surface area (Å²) >= 11 is 1.87. The van der Waals surface area contributed by atoms with Crippen molar-refractivity contribution in [1.82, 2.24) is 10.3 Å². The van der Waals surface area contributed by atoms with Crippen LogP contribution in [0.5, 0.6) is 0 Å². The standard InChI is InChI=1S/C15H20N2S/c1-10-6-5-7-16-15(10)9-17-12(3)14-8-11(2)18-13(14)4/h5-8,12,17H,9H2,1-4H3. The average molecular weight is 260 g/mol. The monoisotopic (exact) mass is 260 g/mol. The van der Waals surface area contributed by atoms with Crippen molar-refractivity contribution in [2.45, 2.75) is 40.3 Å². The Morgan fingerprint density at radius 3 is 2.72 bits per heavy atom. The second-order valence-electron chi connectivity index (χ2n) is 4.74. The molecule has 0 fully saturated rings. The van der Waals surface area contributed by atoms with Gasteiger partial charge in [-0.05, 0) is 51.0 Å². The number of hydrogen-bond donors (Lipinski definition) is 1. The van der Waals surface area contributed by atoms with Gasteiger partial charge in [-0.2, -0.15) is 0 Å². The Morgan fingerprint density at radius 1 is 1.33 bits per heavy atom. The molecule has 96 valence electrons. The van der Waals surface area contributed by atoms with Gasteiger partial charge in [0.1, 0.15) is 0 Å². The van der Waals surface area contributed by atoms with E-state index in [1.54, 1.807) is 0 Å². The first-order valence-electron chi connectivity index (χ1n) is 6.28. The molecule has 0 radical (unpaired) electrons. The number of nitrogens with zero attached hydrogens (tertiary/aromatic N) is 1. The average Bonchev–Trinajstić information content (AvgIpc) is 2.67. The summed E-state index contributed by atoms with van der Waals surface area (Å²) in [5, 5.41) is 3.55. The third-order valence-electron chi connectivity index (χ3n) is 3.24. The molecule has 2 heterocycles. The van der Waals surface area contributed by atoms with Crippen molar-refractivity contribution in [3.05, 3.63) is 51.0 Å². The molecule has 2 rings (SSSR count). The molecule has 1 N–H and O–H groups in total. The van der Waals surface area contributed by atoms with Crippen LogP contribution in [0, 0.1) is 20.8 Å². The Morgan fingerprint density at radius 2 is 2.11 bits per heavy atom. The minimum Gasteiger partial charge on any atom is -0.305 e. The van der Waals surface area contributed by atoms with E-state index in [-0.39, 0.29) is 0 Å². The molecule has 2 nitrogen and oxygen atoms in total. The summed E-state index contributed by atoms with van der Waals surface area (Å²) in [6, 6.07) is 6.74. The van der Waals surface area contributed by atoms with Crippen molar-refractivity contribution < 1.29 is 0 Å². The van der Waals surface area contributed by atoms with E-state index < -0.39 is 0 Å². The van der Waals surface area contributed by atoms with E-state index in [2.05, 4.69) is 50.1 Å². The minimum absolute atomic E-state index is 0.372. The van der Waals surface area contributed by atoms with Crippen LogP contribution in [0.4, 0.5) is 0 Å². The van der Waals surface area contributed by atoms with Crippen LogP contribution in [0.3, 0.4) is 0 Å². The van der Waals surface area contributed by atoms with Gasteiger partial charge < -0.3 is 5.32 Å². The number of nitrogens with one attached hydrogen (secondary N) is 1. The van der Waals surface area contributed by atoms with Crippen LogP contribution in [0.25, 0.3) is 0 Å². The number of aromatic nitrogens is 1. The molecule has 1 atom stereocenters. The Bertz CT molecular complexity index is 531. The zero-order chi connectivity index (χ0) is 13.1. The van der Waals surface area contributed by atoms with E-state index in [1.807, 2.05) is 23.6 Å². The lowest BCUT2D eigenvalue weighted by atomic mass is 10.1. The van der Waals surface area contributed by atoms with Crippen molar-refractivity contribution in [3.8, 4) is 0 Å². The number of rotatable bonds is 4. The van der Waals surface area contributed by atoms with Crippen LogP contribution in [0.2, 0.25) is 0 Å². The zero-order valence-electron chi connectivity index (χ0n) is 11.4. The van der Waals surface area contributed by atoms with E-state index in [1.165, 1.54) is 20.9 Å². The molecule has 0 spiro atoms. The number of hydrogen-bond acceptors (Lipinski definition) is 3. The van der Waals surface area contributed by atoms with Crippen LogP contribution in [0.15, 0.2) is 24.4 Å². The lowest BCUT2D eigenvalue weighted by Crippen LogP contribution is -2.19. The van der Waals surface area contributed by atoms with Crippen molar-refractivity contribution >= 4 is 11.3 Å². The quantitative estimate of drug-likeness (QED) is 0.901. The molecule has 0 aliphatic carbocycles. The molecule has 18 heavy (non-hydrogen) atoms. The number of pyridine rings is 1. The molecule has 1 unspecified atom stereocenters. The Hall–Kier alpha value is -1.19. The summed E-state index contributed by atoms with van der Waals surface area (Å²) in [7, 11) is 0. The molecule has 2 aromatic heterocycles. The first-order valence-corrected chi connectivity index (χ1v) is 7.10. The fourth-order valence-electron chi connectivity index (χ4n) is 2.14. The maximum atomic E-state index is 4.41. The van der Waals surface area contributed by atoms with Gasteiger partial charge in [0.05, 0.1) is 5.69 Å². The van der Waals surface area contributed by atoms with Crippen molar-refractivity contribution in [2.75, 3.05) is 0 Å². The van der Waals surface area contributed by atoms with E-state index >= 15 is 0 Å². The second-order valence-corrected chi connectivity index (χ2v) is 6.20. The highest BCUT2D eigenvalue weighted by molar-refractivity contribution is 7.12. The second kappa shape index (κ2) is 5.63. The molecule has 2 aromatic rings. The maximum Gasteiger partial charge on any atom is 0.0570 e. The maximum absolute atomic E-state index is 4.41. The van der Waals surface area contributed by atoms with Gasteiger partial charge in [0, 0.05) is 28.5 Å². The number of thiophene rings is 1. The molecule has 0 saturated carbocycles. The Balaban J connectivity index is 2.03. The van der Waals surface area contributed by atoms with Crippen molar-refractivity contribution in [3.63, 3.8) is 0 Å². The molecule has 0 bridgehead atoms. The van der Waals surface area contributed by atoms with Gasteiger partial charge in [0.15, 0.2) is 0 Å². The molecule has 0 aliphatic rings. The molecule has 3 heteroatoms. The van der Waals surface area contributed by atoms with E-state index in [4.69, 9.17) is 0 Å². The summed E-state index contributed by atoms with van der Waals surface area (Å²) in [5.41, 5.74) is 3.79. The normalized spacial score (nSPS) is 12.7. The predicted molar refractivity (Wildman–Crippen MR) is 78.0 cm³/mol. The van der Waals surface area contributed by atoms with Gasteiger partial charge in [-0.25, -0.2) is 0 Å². The predicted octanol–water partition coefficient (Wildman–Crippen LogP) is 3.92. The Labute approximate surface area is 113 Å². The van der Waals surface area contributed by atoms with Crippen LogP contribution in [0.1, 0.15) is 39.5 Å². The van der Waals surface area contributed by atoms with Gasteiger partial charge in [-0.15, -0.1) is 11.3 Å². The third kappa shape index (κ3) is 2.98. The van der Waals surface area contributed by atoms with Crippen molar-refractivity contribution in [1.29, 1.82) is 0 Å². The lowest BCUT2D eigenvalue weighted by molar-refractivity contribution is 0.565. The summed E-state index contributed by atoms with van der Waals surface area (Å²) < 4.78 is 0. The van der Waals surface area contributed by atoms with Gasteiger partial charge in [0.2, 0.25) is 0 Å². The van der Waals surface area contributed by atoms with Crippen LogP contribution < -0.4 is 5.32 Å². The van der Waals surface area contributed by atoms with Gasteiger partial charge in [-0.1, -0.05) is 6.07 Å². The topological polar surface area (TPSA) is 24.9 Å². The molecular formula is C15H20N2S. The third-order valence-corrected chi connectivity index (χ3v) is 4.22. The summed E-state index contributed by atoms with van der Waals surface area (Å²) in [6.07, 6.45) is 1.86. The summed E-state index contributed by atoms with van der Waals surface area (Å²) in [4.78, 5) is 7.20. The van der Waals surface area contributed by atoms with E-state index in [0.29, 0.717) is 6.04 Å². The molecule has 0 aliphatic heterocycles. The van der Waals surface area contributed by atoms with Crippen molar-refractivity contribution in [2.24, 2.45) is 0 Å². The van der Waals surface area contributed by atoms with E-state index in [9.17, 15) is 0 Å². The fraction of sp³-hybridized carbons (Fsp3) is 0.400. The van der Waals surface area contributed by atoms with E-state index in [0.717, 1.165) is 12.2 Å². The van der Waals surface area contributed by atoms with Crippen LogP contribution in [-0.2, 0) is 6.54 Å². The lowest BCUT2D eigenvalue weighted by Gasteiger charge is -2.14. The molecule has 0 aromatic carbocycles. The largest absolute Gasteiger partial charge is 0.305 e. The first-order chi connectivity index (χ1) is 8.58. The minimum atomic E-state index is 0.372. The fourth-order valence-corrected chi connectivity index (χ4v) is 3.17. The van der Waals surface area contributed by atoms with Crippen LogP contribution >= 0.6 is 11.3 Å². The SMILES string of the molecule is Cc1cc(C(C)NCc2ncccc2C)c(C)s1. The first kappa shape index (κ1) is 13.2. The highest BCUT2D eigenvalue weighted by Crippen LogP contribution is 2.26. The van der Waals surface area contributed by atoms with Gasteiger partial charge in [-0.3, -0.25) is 4.98 Å². The Kier molecular flexibility index (Phi) is 4.15. The molecular weight excluding hydrogens is 240 g/mol.